The molecule has 0 aliphatic carbocycles. The van der Waals surface area contributed by atoms with Crippen LogP contribution in [0.15, 0.2) is 28.3 Å². The Hall–Kier alpha value is -2.68. The van der Waals surface area contributed by atoms with Gasteiger partial charge in [-0.3, -0.25) is 15.2 Å². The van der Waals surface area contributed by atoms with Crippen molar-refractivity contribution in [3.8, 4) is 0 Å². The van der Waals surface area contributed by atoms with Crippen LogP contribution in [0.1, 0.15) is 30.3 Å². The van der Waals surface area contributed by atoms with Crippen LogP contribution in [-0.4, -0.2) is 26.1 Å². The van der Waals surface area contributed by atoms with Crippen LogP contribution >= 0.6 is 11.8 Å². The third-order valence-electron chi connectivity index (χ3n) is 3.13. The molecule has 0 spiro atoms. The Labute approximate surface area is 142 Å². The van der Waals surface area contributed by atoms with Gasteiger partial charge in [-0.1, -0.05) is 19.1 Å². The van der Waals surface area contributed by atoms with E-state index in [9.17, 15) is 20.0 Å². The van der Waals surface area contributed by atoms with Gasteiger partial charge in [-0.2, -0.15) is 0 Å². The highest BCUT2D eigenvalue weighted by molar-refractivity contribution is 8.04. The van der Waals surface area contributed by atoms with Crippen LogP contribution in [0.25, 0.3) is 6.08 Å². The predicted molar refractivity (Wildman–Crippen MR) is 87.1 cm³/mol. The fourth-order valence-corrected chi connectivity index (χ4v) is 2.69. The van der Waals surface area contributed by atoms with Gasteiger partial charge in [-0.15, -0.1) is 5.10 Å². The average Bonchev–Trinajstić information content (AvgIpc) is 2.95. The van der Waals surface area contributed by atoms with Crippen LogP contribution in [-0.2, 0) is 11.2 Å². The molecule has 0 saturated carbocycles. The number of carboxylic acid groups (broad SMARTS) is 1. The molecule has 126 valence electrons. The van der Waals surface area contributed by atoms with Crippen LogP contribution in [0, 0.1) is 17.0 Å². The Morgan fingerprint density at radius 1 is 1.46 bits per heavy atom. The normalized spacial score (nSPS) is 11.5. The maximum Gasteiger partial charge on any atom is 0.272 e. The molecule has 2 aromatic rings. The van der Waals surface area contributed by atoms with Gasteiger partial charge in [0.05, 0.1) is 10.9 Å². The van der Waals surface area contributed by atoms with Crippen molar-refractivity contribution in [2.75, 3.05) is 0 Å². The molecular formula is C15H15N4O4S-. The van der Waals surface area contributed by atoms with Crippen molar-refractivity contribution in [2.24, 2.45) is 0 Å². The molecule has 0 radical (unpaired) electrons. The molecule has 0 fully saturated rings. The summed E-state index contributed by atoms with van der Waals surface area (Å²) in [4.78, 5) is 25.8. The van der Waals surface area contributed by atoms with Gasteiger partial charge >= 0.3 is 0 Å². The molecule has 0 bridgehead atoms. The Kier molecular flexibility index (Phi) is 5.69. The number of nitro benzene ring substituents is 1. The van der Waals surface area contributed by atoms with Crippen molar-refractivity contribution in [3.63, 3.8) is 0 Å². The molecule has 1 aromatic heterocycles. The van der Waals surface area contributed by atoms with E-state index in [1.807, 2.05) is 6.92 Å². The molecule has 1 N–H and O–H groups in total. The molecule has 0 aliphatic heterocycles. The zero-order chi connectivity index (χ0) is 17.7. The highest BCUT2D eigenvalue weighted by atomic mass is 32.2. The molecule has 8 nitrogen and oxygen atoms in total. The molecule has 0 unspecified atom stereocenters. The standard InChI is InChI=1S/C15H16N4O4S/c1-3-4-13-16-15(18-17-13)24-12(14(20)21)8-10-6-5-9(2)11(7-10)19(22)23/h5-8H,3-4H2,1-2H3,(H,20,21)(H,16,17,18)/p-1/b12-8-. The summed E-state index contributed by atoms with van der Waals surface area (Å²) in [7, 11) is 0. The van der Waals surface area contributed by atoms with E-state index < -0.39 is 10.9 Å². The largest absolute Gasteiger partial charge is 0.544 e. The maximum absolute atomic E-state index is 11.3. The van der Waals surface area contributed by atoms with Crippen LogP contribution in [0.3, 0.4) is 0 Å². The lowest BCUT2D eigenvalue weighted by Gasteiger charge is -2.06. The number of benzene rings is 1. The smallest absolute Gasteiger partial charge is 0.272 e. The first-order valence-electron chi connectivity index (χ1n) is 7.18. The van der Waals surface area contributed by atoms with E-state index >= 15 is 0 Å². The second-order valence-corrected chi connectivity index (χ2v) is 6.02. The van der Waals surface area contributed by atoms with Crippen molar-refractivity contribution in [2.45, 2.75) is 31.8 Å². The number of aliphatic carboxylic acids is 1. The topological polar surface area (TPSA) is 125 Å². The lowest BCUT2D eigenvalue weighted by atomic mass is 10.1. The number of carbonyl (C=O) groups excluding carboxylic acids is 1. The molecule has 0 amide bonds. The third kappa shape index (κ3) is 4.42. The lowest BCUT2D eigenvalue weighted by Crippen LogP contribution is -2.23. The molecule has 0 atom stereocenters. The third-order valence-corrected chi connectivity index (χ3v) is 4.00. The number of hydrogen-bond donors (Lipinski definition) is 1. The van der Waals surface area contributed by atoms with Crippen LogP contribution in [0.5, 0.6) is 0 Å². The summed E-state index contributed by atoms with van der Waals surface area (Å²) >= 11 is 0.833. The fraction of sp³-hybridized carbons (Fsp3) is 0.267. The first-order chi connectivity index (χ1) is 11.4. The van der Waals surface area contributed by atoms with E-state index in [-0.39, 0.29) is 15.7 Å². The van der Waals surface area contributed by atoms with Crippen molar-refractivity contribution in [1.29, 1.82) is 0 Å². The highest BCUT2D eigenvalue weighted by Gasteiger charge is 2.12. The van der Waals surface area contributed by atoms with Gasteiger partial charge in [-0.25, -0.2) is 4.98 Å². The molecular weight excluding hydrogens is 332 g/mol. The van der Waals surface area contributed by atoms with Crippen LogP contribution in [0.4, 0.5) is 5.69 Å². The second-order valence-electron chi connectivity index (χ2n) is 5.02. The monoisotopic (exact) mass is 347 g/mol. The second kappa shape index (κ2) is 7.73. The number of hydrogen-bond acceptors (Lipinski definition) is 7. The van der Waals surface area contributed by atoms with Gasteiger partial charge in [0.2, 0.25) is 5.16 Å². The lowest BCUT2D eigenvalue weighted by molar-refractivity contribution is -0.385. The molecule has 0 saturated heterocycles. The van der Waals surface area contributed by atoms with E-state index in [0.717, 1.165) is 18.2 Å². The summed E-state index contributed by atoms with van der Waals surface area (Å²) < 4.78 is 0. The quantitative estimate of drug-likeness (QED) is 0.351. The number of H-pyrrole nitrogens is 1. The molecule has 1 aromatic carbocycles. The number of aryl methyl sites for hydroxylation is 2. The van der Waals surface area contributed by atoms with Crippen LogP contribution in [0.2, 0.25) is 0 Å². The van der Waals surface area contributed by atoms with Crippen molar-refractivity contribution in [3.05, 3.63) is 50.2 Å². The van der Waals surface area contributed by atoms with Crippen molar-refractivity contribution in [1.82, 2.24) is 15.2 Å². The number of rotatable bonds is 7. The molecule has 1 heterocycles. The van der Waals surface area contributed by atoms with Gasteiger partial charge in [-0.05, 0) is 36.7 Å². The minimum Gasteiger partial charge on any atom is -0.544 e. The zero-order valence-corrected chi connectivity index (χ0v) is 13.9. The average molecular weight is 347 g/mol. The Balaban J connectivity index is 2.29. The number of nitrogens with one attached hydrogen (secondary N) is 1. The summed E-state index contributed by atoms with van der Waals surface area (Å²) in [6.45, 7) is 3.61. The van der Waals surface area contributed by atoms with Gasteiger partial charge in [0.15, 0.2) is 0 Å². The fourth-order valence-electron chi connectivity index (χ4n) is 1.96. The Morgan fingerprint density at radius 3 is 2.83 bits per heavy atom. The zero-order valence-electron chi connectivity index (χ0n) is 13.1. The number of carboxylic acids is 1. The summed E-state index contributed by atoms with van der Waals surface area (Å²) in [5.74, 6) is -0.728. The summed E-state index contributed by atoms with van der Waals surface area (Å²) in [6, 6.07) is 4.49. The van der Waals surface area contributed by atoms with E-state index in [1.165, 1.54) is 12.1 Å². The van der Waals surface area contributed by atoms with E-state index in [4.69, 9.17) is 0 Å². The van der Waals surface area contributed by atoms with Gasteiger partial charge in [0.1, 0.15) is 5.82 Å². The number of nitro groups is 1. The van der Waals surface area contributed by atoms with Gasteiger partial charge in [0.25, 0.3) is 5.69 Å². The number of nitrogens with zero attached hydrogens (tertiary/aromatic N) is 3. The maximum atomic E-state index is 11.3. The molecule has 0 aliphatic rings. The summed E-state index contributed by atoms with van der Waals surface area (Å²) in [6.07, 6.45) is 2.90. The number of aromatic amines is 1. The van der Waals surface area contributed by atoms with E-state index in [1.54, 1.807) is 19.1 Å². The molecule has 24 heavy (non-hydrogen) atoms. The number of aromatic nitrogens is 3. The highest BCUT2D eigenvalue weighted by Crippen LogP contribution is 2.27. The SMILES string of the molecule is CCCc1nc(S/C(=C\c2ccc(C)c([N+](=O)[O-])c2)C(=O)[O-])n[nH]1. The number of thioether (sulfide) groups is 1. The number of carbonyl (C=O) groups is 1. The van der Waals surface area contributed by atoms with Crippen molar-refractivity contribution >= 4 is 29.5 Å². The summed E-state index contributed by atoms with van der Waals surface area (Å²) in [5, 5.41) is 29.2. The first-order valence-corrected chi connectivity index (χ1v) is 7.99. The van der Waals surface area contributed by atoms with Gasteiger partial charge < -0.3 is 9.90 Å². The predicted octanol–water partition coefficient (Wildman–Crippen LogP) is 1.86. The minimum atomic E-state index is -1.40. The molecule has 2 rings (SSSR count). The van der Waals surface area contributed by atoms with Gasteiger partial charge in [0, 0.05) is 23.0 Å². The molecule has 9 heteroatoms. The van der Waals surface area contributed by atoms with E-state index in [2.05, 4.69) is 15.2 Å². The van der Waals surface area contributed by atoms with Crippen molar-refractivity contribution < 1.29 is 14.8 Å². The Bertz CT molecular complexity index is 801. The Morgan fingerprint density at radius 2 is 2.21 bits per heavy atom. The summed E-state index contributed by atoms with van der Waals surface area (Å²) in [5.41, 5.74) is 0.816. The minimum absolute atomic E-state index is 0.0745. The van der Waals surface area contributed by atoms with E-state index in [0.29, 0.717) is 23.4 Å². The van der Waals surface area contributed by atoms with Crippen LogP contribution < -0.4 is 5.11 Å². The first kappa shape index (κ1) is 17.7.